The monoisotopic (exact) mass is 636 g/mol. The molecule has 0 radical (unpaired) electrons. The molecule has 45 heavy (non-hydrogen) atoms. The van der Waals surface area contributed by atoms with Crippen LogP contribution in [-0.4, -0.2) is 87.2 Å². The fourth-order valence-corrected chi connectivity index (χ4v) is 2.57. The maximum Gasteiger partial charge on any atom is 0.333 e. The van der Waals surface area contributed by atoms with E-state index < -0.39 is 53.3 Å². The second-order valence-electron chi connectivity index (χ2n) is 10.0. The van der Waals surface area contributed by atoms with E-state index in [0.717, 1.165) is 18.2 Å². The molecule has 0 aliphatic rings. The number of ether oxygens (including phenoxy) is 6. The number of esters is 6. The van der Waals surface area contributed by atoms with Gasteiger partial charge in [-0.1, -0.05) is 46.4 Å². The lowest BCUT2D eigenvalue weighted by Crippen LogP contribution is -2.42. The molecule has 0 saturated heterocycles. The molecule has 0 aliphatic carbocycles. The molecule has 250 valence electrons. The van der Waals surface area contributed by atoms with E-state index in [4.69, 9.17) is 28.4 Å². The van der Waals surface area contributed by atoms with Crippen LogP contribution in [0.4, 0.5) is 0 Å². The van der Waals surface area contributed by atoms with Gasteiger partial charge in [-0.15, -0.1) is 0 Å². The summed E-state index contributed by atoms with van der Waals surface area (Å²) in [7, 11) is 0. The summed E-state index contributed by atoms with van der Waals surface area (Å²) >= 11 is 0. The van der Waals surface area contributed by atoms with Crippen molar-refractivity contribution in [1.82, 2.24) is 0 Å². The first-order valence-corrected chi connectivity index (χ1v) is 13.4. The predicted octanol–water partition coefficient (Wildman–Crippen LogP) is 2.89. The Morgan fingerprint density at radius 2 is 0.778 bits per heavy atom. The van der Waals surface area contributed by atoms with Gasteiger partial charge in [0.25, 0.3) is 0 Å². The van der Waals surface area contributed by atoms with Crippen LogP contribution in [-0.2, 0) is 57.2 Å². The van der Waals surface area contributed by atoms with Crippen LogP contribution >= 0.6 is 0 Å². The van der Waals surface area contributed by atoms with Crippen molar-refractivity contribution in [3.8, 4) is 0 Å². The second kappa shape index (κ2) is 21.8. The highest BCUT2D eigenvalue weighted by Crippen LogP contribution is 2.25. The predicted molar refractivity (Wildman–Crippen MR) is 163 cm³/mol. The maximum absolute atomic E-state index is 11.6. The molecule has 0 unspecified atom stereocenters. The van der Waals surface area contributed by atoms with Crippen molar-refractivity contribution in [3.63, 3.8) is 0 Å². The van der Waals surface area contributed by atoms with Crippen molar-refractivity contribution in [3.05, 3.63) is 74.4 Å². The first-order valence-electron chi connectivity index (χ1n) is 13.4. The number of hydrogen-bond acceptors (Lipinski definition) is 13. The lowest BCUT2D eigenvalue weighted by atomic mass is 9.88. The molecule has 13 heteroatoms. The van der Waals surface area contributed by atoms with Gasteiger partial charge in [0.1, 0.15) is 39.6 Å². The highest BCUT2D eigenvalue weighted by Gasteiger charge is 2.36. The summed E-state index contributed by atoms with van der Waals surface area (Å²) < 4.78 is 30.0. The molecule has 13 nitrogen and oxygen atoms in total. The van der Waals surface area contributed by atoms with E-state index >= 15 is 0 Å². The number of carbonyl (C=O) groups excluding carboxylic acids is 6. The van der Waals surface area contributed by atoms with Crippen molar-refractivity contribution in [2.45, 2.75) is 34.1 Å². The van der Waals surface area contributed by atoms with Gasteiger partial charge in [0.15, 0.2) is 0 Å². The van der Waals surface area contributed by atoms with Crippen LogP contribution in [0, 0.1) is 10.8 Å². The molecule has 0 heterocycles. The van der Waals surface area contributed by atoms with Crippen molar-refractivity contribution in [1.29, 1.82) is 0 Å². The van der Waals surface area contributed by atoms with E-state index in [1.807, 2.05) is 6.92 Å². The summed E-state index contributed by atoms with van der Waals surface area (Å²) in [5, 5.41) is 9.48. The number of carbonyl (C=O) groups is 6. The third kappa shape index (κ3) is 17.8. The molecular formula is C32H44O13. The zero-order valence-electron chi connectivity index (χ0n) is 26.5. The van der Waals surface area contributed by atoms with Gasteiger partial charge in [-0.3, -0.25) is 0 Å². The first-order chi connectivity index (χ1) is 21.0. The van der Waals surface area contributed by atoms with Crippen molar-refractivity contribution in [2.75, 3.05) is 46.2 Å². The normalized spacial score (nSPS) is 10.3. The molecule has 0 fully saturated rings. The fraction of sp³-hybridized carbons (Fsp3) is 0.438. The highest BCUT2D eigenvalue weighted by molar-refractivity contribution is 5.88. The van der Waals surface area contributed by atoms with Crippen molar-refractivity contribution >= 4 is 35.8 Å². The second-order valence-corrected chi connectivity index (χ2v) is 10.0. The number of aliphatic hydroxyl groups is 1. The molecule has 0 atom stereocenters. The van der Waals surface area contributed by atoms with Gasteiger partial charge in [0.05, 0.1) is 17.4 Å². The summed E-state index contributed by atoms with van der Waals surface area (Å²) in [4.78, 5) is 68.2. The Hall–Kier alpha value is -4.78. The zero-order chi connectivity index (χ0) is 35.2. The lowest BCUT2D eigenvalue weighted by molar-refractivity contribution is -0.160. The van der Waals surface area contributed by atoms with Gasteiger partial charge in [-0.05, 0) is 27.2 Å². The van der Waals surface area contributed by atoms with Gasteiger partial charge < -0.3 is 33.5 Å². The van der Waals surface area contributed by atoms with Gasteiger partial charge >= 0.3 is 35.8 Å². The number of rotatable bonds is 20. The molecular weight excluding hydrogens is 592 g/mol. The Morgan fingerprint density at radius 3 is 0.956 bits per heavy atom. The first kappa shape index (κ1) is 42.4. The fourth-order valence-electron chi connectivity index (χ4n) is 2.57. The molecule has 0 amide bonds. The van der Waals surface area contributed by atoms with E-state index in [1.165, 1.54) is 20.8 Å². The molecule has 0 aliphatic heterocycles. The van der Waals surface area contributed by atoms with E-state index in [0.29, 0.717) is 6.42 Å². The minimum absolute atomic E-state index is 0.0812. The number of hydrogen-bond donors (Lipinski definition) is 1. The molecule has 0 aromatic carbocycles. The summed E-state index contributed by atoms with van der Waals surface area (Å²) in [5.41, 5.74) is -1.40. The Bertz CT molecular complexity index is 1010. The van der Waals surface area contributed by atoms with Crippen LogP contribution in [0.5, 0.6) is 0 Å². The number of aliphatic hydroxyl groups excluding tert-OH is 1. The standard InChI is InChI=1S/C18H26O6.C14H18O7/c1-8-18(9-22-15(19)12(2)3,10-23-16(20)13(4)5)11-24-17(21)14(6)7;1-4-11(16)19-8-14(7-15,9-20-12(17)5-2)10-21-13(18)6-3/h2,4,6,8-11H2,1,3,5,7H3;4-6,15H,1-3,7-10H2. The summed E-state index contributed by atoms with van der Waals surface area (Å²) in [6.07, 6.45) is 3.26. The van der Waals surface area contributed by atoms with Crippen LogP contribution < -0.4 is 0 Å². The molecule has 0 rings (SSSR count). The third-order valence-corrected chi connectivity index (χ3v) is 5.72. The lowest BCUT2D eigenvalue weighted by Gasteiger charge is -2.31. The summed E-state index contributed by atoms with van der Waals surface area (Å²) in [6, 6.07) is 0. The molecule has 0 spiro atoms. The Labute approximate surface area is 263 Å². The summed E-state index contributed by atoms with van der Waals surface area (Å²) in [6.45, 7) is 24.8. The van der Waals surface area contributed by atoms with Crippen LogP contribution in [0.25, 0.3) is 0 Å². The summed E-state index contributed by atoms with van der Waals surface area (Å²) in [5.74, 6) is -3.87. The van der Waals surface area contributed by atoms with Gasteiger partial charge in [-0.2, -0.15) is 0 Å². The molecule has 0 saturated carbocycles. The molecule has 0 aromatic rings. The van der Waals surface area contributed by atoms with Crippen LogP contribution in [0.3, 0.4) is 0 Å². The van der Waals surface area contributed by atoms with E-state index in [9.17, 15) is 33.9 Å². The minimum atomic E-state index is -1.28. The third-order valence-electron chi connectivity index (χ3n) is 5.72. The average molecular weight is 637 g/mol. The van der Waals surface area contributed by atoms with Crippen LogP contribution in [0.15, 0.2) is 74.4 Å². The Kier molecular flexibility index (Phi) is 20.6. The van der Waals surface area contributed by atoms with Crippen molar-refractivity contribution in [2.24, 2.45) is 10.8 Å². The van der Waals surface area contributed by atoms with Crippen LogP contribution in [0.1, 0.15) is 34.1 Å². The topological polar surface area (TPSA) is 178 Å². The highest BCUT2D eigenvalue weighted by atomic mass is 16.6. The Morgan fingerprint density at radius 1 is 0.533 bits per heavy atom. The SMILES string of the molecule is C=C(C)C(=O)OCC(CC)(COC(=O)C(=C)C)COC(=O)C(=C)C.C=CC(=O)OCC(CO)(COC(=O)C=C)COC(=O)C=C. The van der Waals surface area contributed by atoms with E-state index in [1.54, 1.807) is 0 Å². The molecule has 0 bridgehead atoms. The molecule has 1 N–H and O–H groups in total. The minimum Gasteiger partial charge on any atom is -0.462 e. The van der Waals surface area contributed by atoms with Crippen LogP contribution in [0.2, 0.25) is 0 Å². The van der Waals surface area contributed by atoms with E-state index in [2.05, 4.69) is 39.5 Å². The molecule has 0 aromatic heterocycles. The largest absolute Gasteiger partial charge is 0.462 e. The quantitative estimate of drug-likeness (QED) is 0.117. The van der Waals surface area contributed by atoms with Gasteiger partial charge in [0.2, 0.25) is 0 Å². The Balaban J connectivity index is 0. The van der Waals surface area contributed by atoms with Gasteiger partial charge in [0, 0.05) is 34.9 Å². The zero-order valence-corrected chi connectivity index (χ0v) is 26.5. The van der Waals surface area contributed by atoms with Gasteiger partial charge in [-0.25, -0.2) is 28.8 Å². The van der Waals surface area contributed by atoms with E-state index in [-0.39, 0.29) is 56.4 Å². The maximum atomic E-state index is 11.6. The van der Waals surface area contributed by atoms with Crippen molar-refractivity contribution < 1.29 is 62.3 Å². The average Bonchev–Trinajstić information content (AvgIpc) is 3.03. The smallest absolute Gasteiger partial charge is 0.333 e.